The second kappa shape index (κ2) is 4.44. The van der Waals surface area contributed by atoms with Crippen LogP contribution in [0.2, 0.25) is 0 Å². The van der Waals surface area contributed by atoms with Gasteiger partial charge in [0.15, 0.2) is 0 Å². The van der Waals surface area contributed by atoms with Gasteiger partial charge in [-0.05, 0) is 37.3 Å². The van der Waals surface area contributed by atoms with Crippen LogP contribution in [-0.4, -0.2) is 16.3 Å². The Labute approximate surface area is 103 Å². The summed E-state index contributed by atoms with van der Waals surface area (Å²) in [6, 6.07) is 8.37. The molecule has 0 fully saturated rings. The SMILES string of the molecule is Cc1ccc(C(=O)O)[n+](O)c1-c1ccc(F)cc1. The maximum absolute atomic E-state index is 12.8. The summed E-state index contributed by atoms with van der Waals surface area (Å²) in [4.78, 5) is 10.9. The van der Waals surface area contributed by atoms with E-state index >= 15 is 0 Å². The van der Waals surface area contributed by atoms with Crippen LogP contribution >= 0.6 is 0 Å². The Hall–Kier alpha value is -2.43. The maximum Gasteiger partial charge on any atom is 0.406 e. The van der Waals surface area contributed by atoms with Gasteiger partial charge >= 0.3 is 11.7 Å². The summed E-state index contributed by atoms with van der Waals surface area (Å²) >= 11 is 0. The van der Waals surface area contributed by atoms with Gasteiger partial charge in [0.2, 0.25) is 0 Å². The lowest BCUT2D eigenvalue weighted by Gasteiger charge is -2.02. The molecular formula is C13H11FNO3+. The quantitative estimate of drug-likeness (QED) is 0.631. The van der Waals surface area contributed by atoms with Crippen molar-refractivity contribution in [3.8, 4) is 11.3 Å². The minimum atomic E-state index is -1.24. The molecule has 18 heavy (non-hydrogen) atoms. The minimum Gasteiger partial charge on any atom is -0.473 e. The molecule has 4 nitrogen and oxygen atoms in total. The molecule has 2 aromatic rings. The van der Waals surface area contributed by atoms with E-state index in [4.69, 9.17) is 5.11 Å². The predicted molar refractivity (Wildman–Crippen MR) is 60.9 cm³/mol. The van der Waals surface area contributed by atoms with Gasteiger partial charge in [-0.15, -0.1) is 0 Å². The topological polar surface area (TPSA) is 61.4 Å². The Kier molecular flexibility index (Phi) is 2.97. The summed E-state index contributed by atoms with van der Waals surface area (Å²) in [6.45, 7) is 1.73. The summed E-state index contributed by atoms with van der Waals surface area (Å²) in [7, 11) is 0. The number of aromatic nitrogens is 1. The van der Waals surface area contributed by atoms with Crippen LogP contribution in [0.1, 0.15) is 16.1 Å². The zero-order valence-corrected chi connectivity index (χ0v) is 9.59. The molecule has 0 amide bonds. The zero-order valence-electron chi connectivity index (χ0n) is 9.59. The molecule has 1 aromatic heterocycles. The Balaban J connectivity index is 2.66. The van der Waals surface area contributed by atoms with Crippen LogP contribution in [0.25, 0.3) is 11.3 Å². The van der Waals surface area contributed by atoms with Crippen LogP contribution in [0.15, 0.2) is 36.4 Å². The van der Waals surface area contributed by atoms with Crippen molar-refractivity contribution in [2.24, 2.45) is 0 Å². The number of nitrogens with zero attached hydrogens (tertiary/aromatic N) is 1. The third-order valence-electron chi connectivity index (χ3n) is 2.64. The molecule has 1 aromatic carbocycles. The van der Waals surface area contributed by atoms with Crippen LogP contribution in [0.4, 0.5) is 4.39 Å². The summed E-state index contributed by atoms with van der Waals surface area (Å²) in [5.41, 5.74) is 1.31. The van der Waals surface area contributed by atoms with Crippen molar-refractivity contribution in [3.63, 3.8) is 0 Å². The molecule has 2 rings (SSSR count). The third kappa shape index (κ3) is 2.02. The number of aryl methyl sites for hydroxylation is 1. The van der Waals surface area contributed by atoms with Gasteiger partial charge in [-0.1, -0.05) is 0 Å². The van der Waals surface area contributed by atoms with Gasteiger partial charge in [-0.25, -0.2) is 9.18 Å². The average molecular weight is 248 g/mol. The first-order chi connectivity index (χ1) is 8.50. The van der Waals surface area contributed by atoms with E-state index in [1.807, 2.05) is 0 Å². The highest BCUT2D eigenvalue weighted by Crippen LogP contribution is 2.20. The summed E-state index contributed by atoms with van der Waals surface area (Å²) in [5.74, 6) is -1.63. The first kappa shape index (κ1) is 12.0. The molecule has 2 N–H and O–H groups in total. The van der Waals surface area contributed by atoms with Crippen LogP contribution in [0.5, 0.6) is 0 Å². The normalized spacial score (nSPS) is 10.3. The Morgan fingerprint density at radius 2 is 1.78 bits per heavy atom. The molecule has 92 valence electrons. The number of carboxylic acid groups (broad SMARTS) is 1. The average Bonchev–Trinajstić information content (AvgIpc) is 2.31. The van der Waals surface area contributed by atoms with Crippen molar-refractivity contribution in [2.75, 3.05) is 0 Å². The number of hydrogen-bond acceptors (Lipinski definition) is 2. The van der Waals surface area contributed by atoms with Crippen LogP contribution in [0.3, 0.4) is 0 Å². The highest BCUT2D eigenvalue weighted by molar-refractivity contribution is 5.84. The fraction of sp³-hybridized carbons (Fsp3) is 0.0769. The maximum atomic E-state index is 12.8. The Bertz CT molecular complexity index is 608. The van der Waals surface area contributed by atoms with Gasteiger partial charge in [-0.2, -0.15) is 0 Å². The van der Waals surface area contributed by atoms with E-state index in [1.165, 1.54) is 30.3 Å². The molecule has 0 radical (unpaired) electrons. The number of carbonyl (C=O) groups is 1. The van der Waals surface area contributed by atoms with E-state index in [0.29, 0.717) is 21.6 Å². The van der Waals surface area contributed by atoms with Crippen LogP contribution in [0, 0.1) is 12.7 Å². The van der Waals surface area contributed by atoms with Crippen molar-refractivity contribution in [1.29, 1.82) is 0 Å². The van der Waals surface area contributed by atoms with Crippen molar-refractivity contribution in [3.05, 3.63) is 53.5 Å². The van der Waals surface area contributed by atoms with E-state index in [9.17, 15) is 14.4 Å². The Morgan fingerprint density at radius 1 is 1.17 bits per heavy atom. The highest BCUT2D eigenvalue weighted by Gasteiger charge is 2.26. The lowest BCUT2D eigenvalue weighted by molar-refractivity contribution is -0.897. The predicted octanol–water partition coefficient (Wildman–Crippen LogP) is 2.02. The number of carboxylic acids is 1. The van der Waals surface area contributed by atoms with Gasteiger partial charge < -0.3 is 5.11 Å². The number of benzene rings is 1. The number of halogens is 1. The molecule has 0 aliphatic rings. The van der Waals surface area contributed by atoms with E-state index < -0.39 is 11.8 Å². The molecule has 0 saturated carbocycles. The minimum absolute atomic E-state index is 0.250. The molecule has 0 aliphatic carbocycles. The van der Waals surface area contributed by atoms with Gasteiger partial charge in [0.05, 0.1) is 5.56 Å². The highest BCUT2D eigenvalue weighted by atomic mass is 19.1. The monoisotopic (exact) mass is 248 g/mol. The molecule has 0 saturated heterocycles. The standard InChI is InChI=1S/C13H10FNO3/c1-8-2-7-11(13(16)17)15(18)12(8)9-3-5-10(14)6-4-9/h2-7H,1H3,(H-,16,17,18)/p+1. The van der Waals surface area contributed by atoms with Gasteiger partial charge in [-0.3, -0.25) is 5.21 Å². The van der Waals surface area contributed by atoms with Crippen molar-refractivity contribution in [2.45, 2.75) is 6.92 Å². The number of rotatable bonds is 2. The number of aromatic carboxylic acids is 1. The van der Waals surface area contributed by atoms with Gasteiger partial charge in [0.25, 0.3) is 5.69 Å². The molecule has 0 atom stereocenters. The van der Waals surface area contributed by atoms with Crippen molar-refractivity contribution < 1.29 is 24.2 Å². The molecule has 1 heterocycles. The molecule has 0 bridgehead atoms. The van der Waals surface area contributed by atoms with Gasteiger partial charge in [0.1, 0.15) is 5.82 Å². The fourth-order valence-electron chi connectivity index (χ4n) is 1.76. The molecule has 0 unspecified atom stereocenters. The number of pyridine rings is 1. The van der Waals surface area contributed by atoms with E-state index in [1.54, 1.807) is 13.0 Å². The third-order valence-corrected chi connectivity index (χ3v) is 2.64. The van der Waals surface area contributed by atoms with Gasteiger partial charge in [0, 0.05) is 16.4 Å². The second-order valence-corrected chi connectivity index (χ2v) is 3.87. The molecule has 5 heteroatoms. The first-order valence-corrected chi connectivity index (χ1v) is 5.25. The van der Waals surface area contributed by atoms with Crippen molar-refractivity contribution in [1.82, 2.24) is 0 Å². The fourth-order valence-corrected chi connectivity index (χ4v) is 1.76. The van der Waals surface area contributed by atoms with Crippen LogP contribution < -0.4 is 4.73 Å². The Morgan fingerprint density at radius 3 is 2.33 bits per heavy atom. The zero-order chi connectivity index (χ0) is 13.3. The largest absolute Gasteiger partial charge is 0.473 e. The number of hydrogen-bond donors (Lipinski definition) is 2. The van der Waals surface area contributed by atoms with Crippen LogP contribution in [-0.2, 0) is 0 Å². The molecular weight excluding hydrogens is 237 g/mol. The smallest absolute Gasteiger partial charge is 0.406 e. The summed E-state index contributed by atoms with van der Waals surface area (Å²) in [6.07, 6.45) is 0. The summed E-state index contributed by atoms with van der Waals surface area (Å²) in [5, 5.41) is 18.8. The first-order valence-electron chi connectivity index (χ1n) is 5.25. The molecule has 0 spiro atoms. The lowest BCUT2D eigenvalue weighted by atomic mass is 10.1. The lowest BCUT2D eigenvalue weighted by Crippen LogP contribution is -2.40. The second-order valence-electron chi connectivity index (χ2n) is 3.87. The molecule has 0 aliphatic heterocycles. The van der Waals surface area contributed by atoms with E-state index in [2.05, 4.69) is 0 Å². The van der Waals surface area contributed by atoms with Crippen molar-refractivity contribution >= 4 is 5.97 Å². The van der Waals surface area contributed by atoms with E-state index in [-0.39, 0.29) is 5.69 Å². The summed E-state index contributed by atoms with van der Waals surface area (Å²) < 4.78 is 13.4. The van der Waals surface area contributed by atoms with E-state index in [0.717, 1.165) is 0 Å².